The van der Waals surface area contributed by atoms with Crippen LogP contribution in [0.2, 0.25) is 0 Å². The van der Waals surface area contributed by atoms with E-state index in [9.17, 15) is 9.59 Å². The second kappa shape index (κ2) is 16.7. The van der Waals surface area contributed by atoms with Crippen molar-refractivity contribution in [1.82, 2.24) is 0 Å². The van der Waals surface area contributed by atoms with E-state index in [1.807, 2.05) is 6.92 Å². The SMILES string of the molecule is C=C(C)CCOC(=O)c1ccccc1C(=O)OCCCCCCCCCCCCC. The molecule has 0 aliphatic heterocycles. The smallest absolute Gasteiger partial charge is 0.339 e. The summed E-state index contributed by atoms with van der Waals surface area (Å²) in [4.78, 5) is 24.7. The van der Waals surface area contributed by atoms with Crippen LogP contribution in [0.5, 0.6) is 0 Å². The summed E-state index contributed by atoms with van der Waals surface area (Å²) in [5, 5.41) is 0. The second-order valence-electron chi connectivity index (χ2n) is 8.06. The van der Waals surface area contributed by atoms with Crippen LogP contribution in [0, 0.1) is 0 Å². The normalized spacial score (nSPS) is 10.6. The van der Waals surface area contributed by atoms with Gasteiger partial charge < -0.3 is 9.47 Å². The van der Waals surface area contributed by atoms with Gasteiger partial charge in [0.05, 0.1) is 24.3 Å². The summed E-state index contributed by atoms with van der Waals surface area (Å²) in [6.07, 6.45) is 14.3. The molecule has 0 spiro atoms. The summed E-state index contributed by atoms with van der Waals surface area (Å²) in [5.74, 6) is -0.965. The topological polar surface area (TPSA) is 52.6 Å². The molecule has 0 aliphatic rings. The van der Waals surface area contributed by atoms with Crippen LogP contribution in [-0.2, 0) is 9.47 Å². The van der Waals surface area contributed by atoms with Crippen LogP contribution >= 0.6 is 0 Å². The van der Waals surface area contributed by atoms with E-state index in [1.54, 1.807) is 24.3 Å². The van der Waals surface area contributed by atoms with E-state index in [0.717, 1.165) is 18.4 Å². The van der Waals surface area contributed by atoms with Crippen molar-refractivity contribution < 1.29 is 19.1 Å². The number of hydrogen-bond donors (Lipinski definition) is 0. The second-order valence-corrected chi connectivity index (χ2v) is 8.06. The third-order valence-electron chi connectivity index (χ3n) is 5.11. The summed E-state index contributed by atoms with van der Waals surface area (Å²) in [5.41, 5.74) is 1.46. The Kier molecular flexibility index (Phi) is 14.4. The highest BCUT2D eigenvalue weighted by atomic mass is 16.5. The highest BCUT2D eigenvalue weighted by molar-refractivity contribution is 6.03. The molecule has 0 aliphatic carbocycles. The van der Waals surface area contributed by atoms with Crippen molar-refractivity contribution in [2.24, 2.45) is 0 Å². The summed E-state index contributed by atoms with van der Waals surface area (Å²) in [7, 11) is 0. The molecule has 30 heavy (non-hydrogen) atoms. The van der Waals surface area contributed by atoms with Crippen LogP contribution in [0.3, 0.4) is 0 Å². The zero-order chi connectivity index (χ0) is 22.0. The largest absolute Gasteiger partial charge is 0.462 e. The lowest BCUT2D eigenvalue weighted by Gasteiger charge is -2.10. The lowest BCUT2D eigenvalue weighted by molar-refractivity contribution is 0.0456. The quantitative estimate of drug-likeness (QED) is 0.152. The summed E-state index contributed by atoms with van der Waals surface area (Å²) < 4.78 is 10.6. The Bertz CT molecular complexity index is 636. The molecule has 0 bridgehead atoms. The predicted octanol–water partition coefficient (Wildman–Crippen LogP) is 7.28. The van der Waals surface area contributed by atoms with Gasteiger partial charge in [-0.1, -0.05) is 88.8 Å². The fraction of sp³-hybridized carbons (Fsp3) is 0.615. The molecule has 1 rings (SSSR count). The molecule has 0 atom stereocenters. The minimum Gasteiger partial charge on any atom is -0.462 e. The molecular formula is C26H40O4. The number of ether oxygens (including phenoxy) is 2. The molecular weight excluding hydrogens is 376 g/mol. The molecule has 4 nitrogen and oxygen atoms in total. The van der Waals surface area contributed by atoms with Crippen LogP contribution in [0.4, 0.5) is 0 Å². The highest BCUT2D eigenvalue weighted by Gasteiger charge is 2.18. The Morgan fingerprint density at radius 2 is 1.17 bits per heavy atom. The standard InChI is InChI=1S/C26H40O4/c1-4-5-6-7-8-9-10-11-12-13-16-20-29-25(27)23-17-14-15-18-24(23)26(28)30-21-19-22(2)3/h14-15,17-18H,2,4-13,16,19-21H2,1,3H3. The van der Waals surface area contributed by atoms with Crippen molar-refractivity contribution in [1.29, 1.82) is 0 Å². The zero-order valence-electron chi connectivity index (χ0n) is 19.0. The van der Waals surface area contributed by atoms with Crippen LogP contribution in [-0.4, -0.2) is 25.2 Å². The molecule has 0 fully saturated rings. The maximum atomic E-state index is 12.4. The van der Waals surface area contributed by atoms with Crippen LogP contribution < -0.4 is 0 Å². The van der Waals surface area contributed by atoms with Gasteiger partial charge in [0.2, 0.25) is 0 Å². The molecule has 1 aromatic carbocycles. The number of unbranched alkanes of at least 4 members (excludes halogenated alkanes) is 10. The highest BCUT2D eigenvalue weighted by Crippen LogP contribution is 2.14. The van der Waals surface area contributed by atoms with Gasteiger partial charge in [-0.2, -0.15) is 0 Å². The molecule has 168 valence electrons. The summed E-state index contributed by atoms with van der Waals surface area (Å²) >= 11 is 0. The van der Waals surface area contributed by atoms with Crippen LogP contribution in [0.1, 0.15) is 112 Å². The van der Waals surface area contributed by atoms with Crippen molar-refractivity contribution in [2.45, 2.75) is 90.9 Å². The van der Waals surface area contributed by atoms with Crippen molar-refractivity contribution in [3.05, 3.63) is 47.5 Å². The van der Waals surface area contributed by atoms with E-state index >= 15 is 0 Å². The van der Waals surface area contributed by atoms with Gasteiger partial charge in [0, 0.05) is 6.42 Å². The molecule has 0 amide bonds. The molecule has 0 N–H and O–H groups in total. The first-order valence-corrected chi connectivity index (χ1v) is 11.6. The number of carbonyl (C=O) groups is 2. The zero-order valence-corrected chi connectivity index (χ0v) is 19.0. The first-order chi connectivity index (χ1) is 14.6. The monoisotopic (exact) mass is 416 g/mol. The molecule has 0 saturated heterocycles. The van der Waals surface area contributed by atoms with Gasteiger partial charge in [-0.15, -0.1) is 6.58 Å². The fourth-order valence-corrected chi connectivity index (χ4v) is 3.24. The predicted molar refractivity (Wildman–Crippen MR) is 123 cm³/mol. The summed E-state index contributed by atoms with van der Waals surface area (Å²) in [6.45, 7) is 8.56. The maximum absolute atomic E-state index is 12.4. The van der Waals surface area contributed by atoms with E-state index < -0.39 is 11.9 Å². The third kappa shape index (κ3) is 11.8. The van der Waals surface area contributed by atoms with Gasteiger partial charge in [0.1, 0.15) is 0 Å². The maximum Gasteiger partial charge on any atom is 0.339 e. The Labute approximate surface area is 183 Å². The Hall–Kier alpha value is -2.10. The Morgan fingerprint density at radius 3 is 1.63 bits per heavy atom. The first-order valence-electron chi connectivity index (χ1n) is 11.6. The number of benzene rings is 1. The molecule has 0 aromatic heterocycles. The van der Waals surface area contributed by atoms with Gasteiger partial charge in [0.15, 0.2) is 0 Å². The Morgan fingerprint density at radius 1 is 0.733 bits per heavy atom. The van der Waals surface area contributed by atoms with Crippen molar-refractivity contribution in [2.75, 3.05) is 13.2 Å². The average Bonchev–Trinajstić information content (AvgIpc) is 2.74. The van der Waals surface area contributed by atoms with Gasteiger partial charge in [-0.25, -0.2) is 9.59 Å². The van der Waals surface area contributed by atoms with Crippen molar-refractivity contribution in [3.63, 3.8) is 0 Å². The molecule has 0 radical (unpaired) electrons. The van der Waals surface area contributed by atoms with Gasteiger partial charge in [-0.05, 0) is 25.5 Å². The van der Waals surface area contributed by atoms with Gasteiger partial charge >= 0.3 is 11.9 Å². The third-order valence-corrected chi connectivity index (χ3v) is 5.11. The number of carbonyl (C=O) groups excluding carboxylic acids is 2. The van der Waals surface area contributed by atoms with E-state index in [2.05, 4.69) is 13.5 Å². The Balaban J connectivity index is 2.21. The van der Waals surface area contributed by atoms with E-state index in [-0.39, 0.29) is 17.7 Å². The number of rotatable bonds is 17. The van der Waals surface area contributed by atoms with Crippen LogP contribution in [0.25, 0.3) is 0 Å². The molecule has 1 aromatic rings. The van der Waals surface area contributed by atoms with Crippen molar-refractivity contribution >= 4 is 11.9 Å². The number of esters is 2. The lowest BCUT2D eigenvalue weighted by atomic mass is 10.1. The van der Waals surface area contributed by atoms with E-state index in [1.165, 1.54) is 57.8 Å². The number of hydrogen-bond acceptors (Lipinski definition) is 4. The molecule has 0 saturated carbocycles. The van der Waals surface area contributed by atoms with E-state index in [4.69, 9.17) is 9.47 Å². The van der Waals surface area contributed by atoms with Gasteiger partial charge in [-0.3, -0.25) is 0 Å². The summed E-state index contributed by atoms with van der Waals surface area (Å²) in [6, 6.07) is 6.65. The minimum atomic E-state index is -0.501. The molecule has 4 heteroatoms. The van der Waals surface area contributed by atoms with Crippen LogP contribution in [0.15, 0.2) is 36.4 Å². The lowest BCUT2D eigenvalue weighted by Crippen LogP contribution is -2.15. The van der Waals surface area contributed by atoms with E-state index in [0.29, 0.717) is 13.0 Å². The van der Waals surface area contributed by atoms with Crippen molar-refractivity contribution in [3.8, 4) is 0 Å². The minimum absolute atomic E-state index is 0.253. The molecule has 0 heterocycles. The average molecular weight is 417 g/mol. The first kappa shape index (κ1) is 25.9. The molecule has 0 unspecified atom stereocenters. The fourth-order valence-electron chi connectivity index (χ4n) is 3.24. The van der Waals surface area contributed by atoms with Gasteiger partial charge in [0.25, 0.3) is 0 Å².